The molecule has 3 heteroatoms. The van der Waals surface area contributed by atoms with Crippen molar-refractivity contribution in [2.45, 2.75) is 65.1 Å². The van der Waals surface area contributed by atoms with Gasteiger partial charge in [0.2, 0.25) is 0 Å². The number of likely N-dealkylation sites (tertiary alicyclic amines) is 1. The molecule has 1 aliphatic carbocycles. The molecule has 0 unspecified atom stereocenters. The van der Waals surface area contributed by atoms with Crippen molar-refractivity contribution >= 4 is 0 Å². The van der Waals surface area contributed by atoms with Crippen molar-refractivity contribution in [2.24, 2.45) is 5.41 Å². The molecule has 1 N–H and O–H groups in total. The Balaban J connectivity index is 1.50. The Morgan fingerprint density at radius 2 is 2.15 bits per heavy atom. The van der Waals surface area contributed by atoms with Crippen LogP contribution in [0.4, 0.5) is 0 Å². The van der Waals surface area contributed by atoms with Gasteiger partial charge in [-0.2, -0.15) is 0 Å². The maximum atomic E-state index is 5.73. The lowest BCUT2D eigenvalue weighted by Gasteiger charge is -2.26. The van der Waals surface area contributed by atoms with E-state index >= 15 is 0 Å². The van der Waals surface area contributed by atoms with E-state index in [1.54, 1.807) is 0 Å². The zero-order valence-electron chi connectivity index (χ0n) is 13.0. The van der Waals surface area contributed by atoms with Crippen LogP contribution < -0.4 is 5.32 Å². The lowest BCUT2D eigenvalue weighted by atomic mass is 9.82. The molecule has 0 amide bonds. The fraction of sp³-hybridized carbons (Fsp3) is 0.765. The predicted octanol–water partition coefficient (Wildman–Crippen LogP) is 3.54. The highest BCUT2D eigenvalue weighted by atomic mass is 16.3. The molecule has 3 rings (SSSR count). The predicted molar refractivity (Wildman–Crippen MR) is 81.5 cm³/mol. The van der Waals surface area contributed by atoms with Crippen molar-refractivity contribution in [3.8, 4) is 0 Å². The van der Waals surface area contributed by atoms with E-state index in [4.69, 9.17) is 4.42 Å². The van der Waals surface area contributed by atoms with Crippen LogP contribution in [0.25, 0.3) is 0 Å². The molecule has 0 radical (unpaired) electrons. The minimum absolute atomic E-state index is 0.558. The van der Waals surface area contributed by atoms with Gasteiger partial charge >= 0.3 is 0 Å². The van der Waals surface area contributed by atoms with Gasteiger partial charge in [0.1, 0.15) is 5.76 Å². The topological polar surface area (TPSA) is 28.4 Å². The van der Waals surface area contributed by atoms with E-state index in [-0.39, 0.29) is 0 Å². The van der Waals surface area contributed by atoms with Crippen molar-refractivity contribution in [1.82, 2.24) is 10.2 Å². The van der Waals surface area contributed by atoms with Gasteiger partial charge in [-0.15, -0.1) is 0 Å². The van der Waals surface area contributed by atoms with Crippen LogP contribution >= 0.6 is 0 Å². The Hall–Kier alpha value is -0.800. The molecule has 2 heterocycles. The molecule has 0 atom stereocenters. The van der Waals surface area contributed by atoms with Gasteiger partial charge in [-0.1, -0.05) is 13.8 Å². The van der Waals surface area contributed by atoms with Gasteiger partial charge in [0, 0.05) is 24.7 Å². The van der Waals surface area contributed by atoms with Crippen LogP contribution in [-0.4, -0.2) is 24.0 Å². The van der Waals surface area contributed by atoms with E-state index in [1.807, 2.05) is 6.26 Å². The highest BCUT2D eigenvalue weighted by Gasteiger charge is 2.34. The molecule has 1 aliphatic heterocycles. The van der Waals surface area contributed by atoms with Crippen LogP contribution in [0.5, 0.6) is 0 Å². The lowest BCUT2D eigenvalue weighted by Crippen LogP contribution is -2.25. The van der Waals surface area contributed by atoms with Crippen molar-refractivity contribution in [1.29, 1.82) is 0 Å². The van der Waals surface area contributed by atoms with E-state index in [9.17, 15) is 0 Å². The SMILES string of the molecule is CCC1(CC)CCN(Cc2cc(CNC3CC3)co2)C1. The smallest absolute Gasteiger partial charge is 0.118 e. The quantitative estimate of drug-likeness (QED) is 0.825. The summed E-state index contributed by atoms with van der Waals surface area (Å²) in [6, 6.07) is 2.99. The van der Waals surface area contributed by atoms with Gasteiger partial charge in [-0.05, 0) is 50.1 Å². The highest BCUT2D eigenvalue weighted by molar-refractivity contribution is 5.13. The number of nitrogens with zero attached hydrogens (tertiary/aromatic N) is 1. The van der Waals surface area contributed by atoms with Crippen LogP contribution in [0.3, 0.4) is 0 Å². The molecule has 1 aromatic rings. The number of nitrogens with one attached hydrogen (secondary N) is 1. The van der Waals surface area contributed by atoms with Crippen molar-refractivity contribution in [2.75, 3.05) is 13.1 Å². The summed E-state index contributed by atoms with van der Waals surface area (Å²) < 4.78 is 5.73. The van der Waals surface area contributed by atoms with Crippen LogP contribution in [0.1, 0.15) is 57.3 Å². The number of hydrogen-bond donors (Lipinski definition) is 1. The van der Waals surface area contributed by atoms with Gasteiger partial charge in [-0.25, -0.2) is 0 Å². The molecule has 2 aliphatic rings. The Morgan fingerprint density at radius 1 is 1.35 bits per heavy atom. The molecule has 1 aromatic heterocycles. The Bertz CT molecular complexity index is 432. The third-order valence-corrected chi connectivity index (χ3v) is 5.28. The summed E-state index contributed by atoms with van der Waals surface area (Å²) >= 11 is 0. The second kappa shape index (κ2) is 5.90. The average Bonchev–Trinajstić information content (AvgIpc) is 3.05. The fourth-order valence-corrected chi connectivity index (χ4v) is 3.36. The summed E-state index contributed by atoms with van der Waals surface area (Å²) in [5.74, 6) is 1.13. The van der Waals surface area contributed by atoms with Crippen molar-refractivity contribution in [3.63, 3.8) is 0 Å². The van der Waals surface area contributed by atoms with Gasteiger partial charge in [0.15, 0.2) is 0 Å². The highest BCUT2D eigenvalue weighted by Crippen LogP contribution is 2.37. The molecular weight excluding hydrogens is 248 g/mol. The Kier molecular flexibility index (Phi) is 4.18. The summed E-state index contributed by atoms with van der Waals surface area (Å²) in [5.41, 5.74) is 1.85. The van der Waals surface area contributed by atoms with E-state index in [1.165, 1.54) is 50.8 Å². The summed E-state index contributed by atoms with van der Waals surface area (Å²) in [7, 11) is 0. The molecule has 3 nitrogen and oxygen atoms in total. The van der Waals surface area contributed by atoms with Gasteiger partial charge in [0.25, 0.3) is 0 Å². The first-order valence-corrected chi connectivity index (χ1v) is 8.25. The zero-order valence-corrected chi connectivity index (χ0v) is 13.0. The largest absolute Gasteiger partial charge is 0.468 e. The first-order chi connectivity index (χ1) is 9.73. The maximum Gasteiger partial charge on any atom is 0.118 e. The minimum Gasteiger partial charge on any atom is -0.468 e. The molecule has 0 spiro atoms. The first kappa shape index (κ1) is 14.2. The molecule has 2 fully saturated rings. The fourth-order valence-electron chi connectivity index (χ4n) is 3.36. The normalized spacial score (nSPS) is 22.5. The van der Waals surface area contributed by atoms with Crippen molar-refractivity contribution < 1.29 is 4.42 Å². The third-order valence-electron chi connectivity index (χ3n) is 5.28. The van der Waals surface area contributed by atoms with Crippen LogP contribution in [-0.2, 0) is 13.1 Å². The summed E-state index contributed by atoms with van der Waals surface area (Å²) in [6.45, 7) is 9.06. The molecular formula is C17H28N2O. The second-order valence-corrected chi connectivity index (χ2v) is 6.74. The second-order valence-electron chi connectivity index (χ2n) is 6.74. The first-order valence-electron chi connectivity index (χ1n) is 8.25. The minimum atomic E-state index is 0.558. The average molecular weight is 276 g/mol. The number of furan rings is 1. The molecule has 20 heavy (non-hydrogen) atoms. The molecule has 0 aromatic carbocycles. The van der Waals surface area contributed by atoms with Crippen molar-refractivity contribution in [3.05, 3.63) is 23.7 Å². The number of rotatable bonds is 7. The molecule has 1 saturated heterocycles. The van der Waals surface area contributed by atoms with Gasteiger partial charge < -0.3 is 9.73 Å². The molecule has 0 bridgehead atoms. The van der Waals surface area contributed by atoms with Crippen LogP contribution in [0.15, 0.2) is 16.7 Å². The number of hydrogen-bond acceptors (Lipinski definition) is 3. The van der Waals surface area contributed by atoms with E-state index in [2.05, 4.69) is 30.1 Å². The summed E-state index contributed by atoms with van der Waals surface area (Å²) in [4.78, 5) is 2.56. The van der Waals surface area contributed by atoms with E-state index in [0.29, 0.717) is 5.41 Å². The summed E-state index contributed by atoms with van der Waals surface area (Å²) in [5, 5.41) is 3.54. The monoisotopic (exact) mass is 276 g/mol. The molecule has 1 saturated carbocycles. The van der Waals surface area contributed by atoms with E-state index < -0.39 is 0 Å². The van der Waals surface area contributed by atoms with Gasteiger partial charge in [0.05, 0.1) is 12.8 Å². The standard InChI is InChI=1S/C17H28N2O/c1-3-17(4-2)7-8-19(13-17)11-16-9-14(12-20-16)10-18-15-5-6-15/h9,12,15,18H,3-8,10-11,13H2,1-2H3. The van der Waals surface area contributed by atoms with Crippen LogP contribution in [0.2, 0.25) is 0 Å². The maximum absolute atomic E-state index is 5.73. The summed E-state index contributed by atoms with van der Waals surface area (Å²) in [6.07, 6.45) is 8.55. The van der Waals surface area contributed by atoms with Crippen LogP contribution in [0, 0.1) is 5.41 Å². The Morgan fingerprint density at radius 3 is 2.80 bits per heavy atom. The zero-order chi connectivity index (χ0) is 14.0. The lowest BCUT2D eigenvalue weighted by molar-refractivity contribution is 0.226. The molecule has 112 valence electrons. The van der Waals surface area contributed by atoms with Gasteiger partial charge in [-0.3, -0.25) is 4.90 Å². The van der Waals surface area contributed by atoms with E-state index in [0.717, 1.165) is 24.9 Å². The third kappa shape index (κ3) is 3.26. The Labute approximate surface area is 122 Å².